The molecule has 5 heteroatoms. The molecular formula is C10H22O5. The van der Waals surface area contributed by atoms with Gasteiger partial charge in [-0.25, -0.2) is 0 Å². The smallest absolute Gasteiger partial charge is 0.108 e. The highest BCUT2D eigenvalue weighted by molar-refractivity contribution is 4.74. The minimum atomic E-state index is -1.28. The monoisotopic (exact) mass is 222 g/mol. The van der Waals surface area contributed by atoms with Crippen LogP contribution in [0.4, 0.5) is 0 Å². The van der Waals surface area contributed by atoms with Crippen LogP contribution >= 0.6 is 0 Å². The van der Waals surface area contributed by atoms with Crippen LogP contribution in [0.3, 0.4) is 0 Å². The van der Waals surface area contributed by atoms with Gasteiger partial charge >= 0.3 is 0 Å². The number of hydrogen-bond acceptors (Lipinski definition) is 5. The summed E-state index contributed by atoms with van der Waals surface area (Å²) < 4.78 is 5.11. The Labute approximate surface area is 90.3 Å². The Morgan fingerprint density at radius 1 is 1.07 bits per heavy atom. The number of rotatable bonds is 9. The number of ether oxygens (including phenoxy) is 1. The third-order valence-electron chi connectivity index (χ3n) is 2.22. The van der Waals surface area contributed by atoms with Gasteiger partial charge in [-0.3, -0.25) is 0 Å². The Kier molecular flexibility index (Phi) is 8.94. The van der Waals surface area contributed by atoms with Gasteiger partial charge < -0.3 is 25.2 Å². The van der Waals surface area contributed by atoms with E-state index in [1.54, 1.807) is 0 Å². The van der Waals surface area contributed by atoms with Crippen molar-refractivity contribution in [3.63, 3.8) is 0 Å². The van der Waals surface area contributed by atoms with Gasteiger partial charge in [0.05, 0.1) is 12.7 Å². The van der Waals surface area contributed by atoms with Crippen LogP contribution < -0.4 is 0 Å². The molecule has 4 N–H and O–H groups in total. The van der Waals surface area contributed by atoms with E-state index in [-0.39, 0.29) is 0 Å². The molecule has 0 aromatic rings. The quantitative estimate of drug-likeness (QED) is 0.386. The van der Waals surface area contributed by atoms with Crippen molar-refractivity contribution in [2.24, 2.45) is 0 Å². The maximum atomic E-state index is 9.41. The van der Waals surface area contributed by atoms with Crippen LogP contribution in [0, 0.1) is 0 Å². The predicted molar refractivity (Wildman–Crippen MR) is 55.5 cm³/mol. The van der Waals surface area contributed by atoms with Crippen molar-refractivity contribution < 1.29 is 25.2 Å². The molecule has 0 aromatic heterocycles. The fraction of sp³-hybridized carbons (Fsp3) is 1.00. The van der Waals surface area contributed by atoms with Gasteiger partial charge in [0.15, 0.2) is 0 Å². The largest absolute Gasteiger partial charge is 0.394 e. The number of unbranched alkanes of at least 4 members (excludes halogenated alkanes) is 1. The van der Waals surface area contributed by atoms with Crippen LogP contribution in [0.5, 0.6) is 0 Å². The average molecular weight is 222 g/mol. The number of aliphatic hydroxyl groups is 4. The number of hydrogen-bond donors (Lipinski definition) is 4. The van der Waals surface area contributed by atoms with Gasteiger partial charge in [0.25, 0.3) is 0 Å². The average Bonchev–Trinajstić information content (AvgIpc) is 2.26. The highest BCUT2D eigenvalue weighted by Crippen LogP contribution is 2.08. The maximum Gasteiger partial charge on any atom is 0.108 e. The molecule has 3 unspecified atom stereocenters. The molecule has 0 fully saturated rings. The van der Waals surface area contributed by atoms with Crippen LogP contribution in [0.1, 0.15) is 26.2 Å². The van der Waals surface area contributed by atoms with Crippen LogP contribution in [0.15, 0.2) is 0 Å². The van der Waals surface area contributed by atoms with Crippen LogP contribution in [-0.2, 0) is 4.74 Å². The van der Waals surface area contributed by atoms with E-state index in [2.05, 4.69) is 0 Å². The third-order valence-corrected chi connectivity index (χ3v) is 2.22. The van der Waals surface area contributed by atoms with Crippen LogP contribution in [0.2, 0.25) is 0 Å². The van der Waals surface area contributed by atoms with Gasteiger partial charge in [-0.1, -0.05) is 0 Å². The standard InChI is InChI=1S/C10H22O5/c1-2-15-6-4-3-5-8(12)10(14)9(13)7-11/h8-14H,2-7H2,1H3. The summed E-state index contributed by atoms with van der Waals surface area (Å²) in [6.45, 7) is 2.68. The molecule has 0 rings (SSSR count). The predicted octanol–water partition coefficient (Wildman–Crippen LogP) is -0.732. The van der Waals surface area contributed by atoms with Crippen molar-refractivity contribution in [1.29, 1.82) is 0 Å². The van der Waals surface area contributed by atoms with E-state index in [4.69, 9.17) is 14.9 Å². The first-order chi connectivity index (χ1) is 7.13. The first-order valence-corrected chi connectivity index (χ1v) is 5.36. The van der Waals surface area contributed by atoms with Crippen molar-refractivity contribution in [2.75, 3.05) is 19.8 Å². The lowest BCUT2D eigenvalue weighted by Gasteiger charge is -2.21. The topological polar surface area (TPSA) is 90.2 Å². The van der Waals surface area contributed by atoms with E-state index in [9.17, 15) is 10.2 Å². The first-order valence-electron chi connectivity index (χ1n) is 5.36. The molecule has 15 heavy (non-hydrogen) atoms. The summed E-state index contributed by atoms with van der Waals surface area (Å²) in [7, 11) is 0. The zero-order valence-electron chi connectivity index (χ0n) is 9.17. The molecule has 92 valence electrons. The SMILES string of the molecule is CCOCCCCC(O)C(O)C(O)CO. The van der Waals surface area contributed by atoms with Crippen molar-refractivity contribution >= 4 is 0 Å². The molecule has 0 aliphatic heterocycles. The van der Waals surface area contributed by atoms with Gasteiger partial charge in [0.2, 0.25) is 0 Å². The summed E-state index contributed by atoms with van der Waals surface area (Å²) in [5, 5.41) is 36.3. The lowest BCUT2D eigenvalue weighted by atomic mass is 10.0. The summed E-state index contributed by atoms with van der Waals surface area (Å²) in [5.41, 5.74) is 0. The van der Waals surface area contributed by atoms with E-state index < -0.39 is 24.9 Å². The second-order valence-electron chi connectivity index (χ2n) is 3.50. The van der Waals surface area contributed by atoms with Gasteiger partial charge in [0, 0.05) is 13.2 Å². The third kappa shape index (κ3) is 6.81. The van der Waals surface area contributed by atoms with Gasteiger partial charge in [0.1, 0.15) is 12.2 Å². The lowest BCUT2D eigenvalue weighted by Crippen LogP contribution is -2.39. The van der Waals surface area contributed by atoms with E-state index >= 15 is 0 Å². The van der Waals surface area contributed by atoms with E-state index in [1.165, 1.54) is 0 Å². The summed E-state index contributed by atoms with van der Waals surface area (Å²) in [4.78, 5) is 0. The molecule has 0 heterocycles. The Morgan fingerprint density at radius 3 is 2.27 bits per heavy atom. The Hall–Kier alpha value is -0.200. The van der Waals surface area contributed by atoms with Crippen molar-refractivity contribution in [1.82, 2.24) is 0 Å². The molecule has 3 atom stereocenters. The molecule has 0 saturated heterocycles. The Balaban J connectivity index is 3.50. The fourth-order valence-electron chi connectivity index (χ4n) is 1.24. The van der Waals surface area contributed by atoms with Crippen LogP contribution in [0.25, 0.3) is 0 Å². The summed E-state index contributed by atoms with van der Waals surface area (Å²) >= 11 is 0. The zero-order chi connectivity index (χ0) is 11.7. The van der Waals surface area contributed by atoms with Gasteiger partial charge in [-0.2, -0.15) is 0 Å². The normalized spacial score (nSPS) is 17.4. The van der Waals surface area contributed by atoms with Crippen molar-refractivity contribution in [3.05, 3.63) is 0 Å². The minimum absolute atomic E-state index is 0.394. The fourth-order valence-corrected chi connectivity index (χ4v) is 1.24. The molecule has 0 radical (unpaired) electrons. The molecule has 0 spiro atoms. The molecular weight excluding hydrogens is 200 g/mol. The van der Waals surface area contributed by atoms with E-state index in [0.29, 0.717) is 19.6 Å². The van der Waals surface area contributed by atoms with E-state index in [1.807, 2.05) is 6.92 Å². The Bertz CT molecular complexity index is 142. The molecule has 0 aromatic carbocycles. The van der Waals surface area contributed by atoms with Crippen molar-refractivity contribution in [2.45, 2.75) is 44.5 Å². The molecule has 0 bridgehead atoms. The second kappa shape index (κ2) is 9.06. The molecule has 0 saturated carbocycles. The lowest BCUT2D eigenvalue weighted by molar-refractivity contribution is -0.0789. The minimum Gasteiger partial charge on any atom is -0.394 e. The molecule has 0 aliphatic rings. The first kappa shape index (κ1) is 14.8. The maximum absolute atomic E-state index is 9.41. The van der Waals surface area contributed by atoms with Crippen LogP contribution in [-0.4, -0.2) is 58.6 Å². The second-order valence-corrected chi connectivity index (χ2v) is 3.50. The highest BCUT2D eigenvalue weighted by atomic mass is 16.5. The van der Waals surface area contributed by atoms with Gasteiger partial charge in [-0.05, 0) is 26.2 Å². The summed E-state index contributed by atoms with van der Waals surface area (Å²) in [6.07, 6.45) is -1.61. The number of aliphatic hydroxyl groups excluding tert-OH is 4. The van der Waals surface area contributed by atoms with E-state index in [0.717, 1.165) is 12.8 Å². The Morgan fingerprint density at radius 2 is 1.73 bits per heavy atom. The summed E-state index contributed by atoms with van der Waals surface area (Å²) in [5.74, 6) is 0. The molecule has 0 amide bonds. The van der Waals surface area contributed by atoms with Gasteiger partial charge in [-0.15, -0.1) is 0 Å². The molecule has 5 nitrogen and oxygen atoms in total. The highest BCUT2D eigenvalue weighted by Gasteiger charge is 2.23. The summed E-state index contributed by atoms with van der Waals surface area (Å²) in [6, 6.07) is 0. The van der Waals surface area contributed by atoms with Crippen molar-refractivity contribution in [3.8, 4) is 0 Å². The zero-order valence-corrected chi connectivity index (χ0v) is 9.17. The molecule has 0 aliphatic carbocycles.